The van der Waals surface area contributed by atoms with Gasteiger partial charge in [0.05, 0.1) is 29.4 Å². The normalized spacial score (nSPS) is 23.9. The molecule has 10 heteroatoms. The van der Waals surface area contributed by atoms with Crippen LogP contribution in [0.25, 0.3) is 0 Å². The number of aliphatic hydroxyl groups excluding tert-OH is 2. The molecule has 4 atom stereocenters. The first-order chi connectivity index (χ1) is 15.3. The molecule has 0 saturated heterocycles. The molecule has 0 radical (unpaired) electrons. The van der Waals surface area contributed by atoms with Crippen LogP contribution < -0.4 is 20.5 Å². The summed E-state index contributed by atoms with van der Waals surface area (Å²) in [6, 6.07) is 8.85. The highest BCUT2D eigenvalue weighted by Gasteiger charge is 2.40. The molecule has 166 valence electrons. The molecule has 2 aromatic carbocycles. The summed E-state index contributed by atoms with van der Waals surface area (Å²) >= 11 is 0. The van der Waals surface area contributed by atoms with Crippen LogP contribution in [0.15, 0.2) is 30.3 Å². The molecule has 0 aromatic heterocycles. The van der Waals surface area contributed by atoms with E-state index >= 15 is 0 Å². The lowest BCUT2D eigenvalue weighted by Crippen LogP contribution is -2.49. The zero-order valence-corrected chi connectivity index (χ0v) is 16.8. The Morgan fingerprint density at radius 2 is 1.91 bits per heavy atom. The highest BCUT2D eigenvalue weighted by atomic mass is 16.7. The zero-order chi connectivity index (χ0) is 23.0. The number of nitrogens with two attached hydrogens (primary N) is 1. The number of aliphatic hydroxyl groups is 2. The van der Waals surface area contributed by atoms with E-state index in [1.54, 1.807) is 18.2 Å². The monoisotopic (exact) mass is 439 g/mol. The quantitative estimate of drug-likeness (QED) is 0.457. The fraction of sp³-hybridized carbons (Fsp3) is 0.318. The van der Waals surface area contributed by atoms with Crippen molar-refractivity contribution in [1.29, 1.82) is 5.26 Å². The molecule has 6 N–H and O–H groups in total. The summed E-state index contributed by atoms with van der Waals surface area (Å²) < 4.78 is 10.5. The molecule has 2 amide bonds. The van der Waals surface area contributed by atoms with Gasteiger partial charge in [0.25, 0.3) is 11.8 Å². The Bertz CT molecular complexity index is 1130. The van der Waals surface area contributed by atoms with Crippen molar-refractivity contribution in [2.75, 3.05) is 6.79 Å². The van der Waals surface area contributed by atoms with E-state index in [1.807, 2.05) is 6.07 Å². The van der Waals surface area contributed by atoms with Crippen molar-refractivity contribution in [2.45, 2.75) is 37.0 Å². The van der Waals surface area contributed by atoms with E-state index in [1.165, 1.54) is 12.1 Å². The van der Waals surface area contributed by atoms with Gasteiger partial charge in [-0.2, -0.15) is 5.26 Å². The van der Waals surface area contributed by atoms with Crippen LogP contribution in [0.2, 0.25) is 0 Å². The highest BCUT2D eigenvalue weighted by molar-refractivity contribution is 5.99. The van der Waals surface area contributed by atoms with E-state index in [0.717, 1.165) is 0 Å². The van der Waals surface area contributed by atoms with Gasteiger partial charge in [-0.25, -0.2) is 0 Å². The second kappa shape index (κ2) is 8.37. The van der Waals surface area contributed by atoms with Crippen LogP contribution in [-0.4, -0.2) is 52.2 Å². The van der Waals surface area contributed by atoms with Crippen LogP contribution in [0.5, 0.6) is 17.2 Å². The summed E-state index contributed by atoms with van der Waals surface area (Å²) in [4.78, 5) is 25.1. The fourth-order valence-corrected chi connectivity index (χ4v) is 4.24. The summed E-state index contributed by atoms with van der Waals surface area (Å²) in [6.07, 6.45) is -2.25. The van der Waals surface area contributed by atoms with Gasteiger partial charge in [-0.05, 0) is 42.7 Å². The van der Waals surface area contributed by atoms with Crippen LogP contribution >= 0.6 is 0 Å². The van der Waals surface area contributed by atoms with Gasteiger partial charge in [-0.15, -0.1) is 0 Å². The number of fused-ring (bicyclic) bond motifs is 1. The van der Waals surface area contributed by atoms with Crippen molar-refractivity contribution in [2.24, 2.45) is 5.73 Å². The Balaban J connectivity index is 1.73. The Kier molecular flexibility index (Phi) is 5.61. The molecular weight excluding hydrogens is 418 g/mol. The van der Waals surface area contributed by atoms with Crippen molar-refractivity contribution >= 4 is 11.8 Å². The van der Waals surface area contributed by atoms with Gasteiger partial charge in [0.15, 0.2) is 11.5 Å². The maximum Gasteiger partial charge on any atom is 0.252 e. The molecular formula is C22H21N3O7. The van der Waals surface area contributed by atoms with Gasteiger partial charge in [0.1, 0.15) is 0 Å². The fourth-order valence-electron chi connectivity index (χ4n) is 4.24. The summed E-state index contributed by atoms with van der Waals surface area (Å²) in [5.74, 6) is -2.37. The number of hydrogen-bond acceptors (Lipinski definition) is 8. The third-order valence-electron chi connectivity index (χ3n) is 5.81. The molecule has 10 nitrogen and oxygen atoms in total. The highest BCUT2D eigenvalue weighted by Crippen LogP contribution is 2.48. The number of phenols is 1. The number of amides is 2. The molecule has 4 rings (SSSR count). The third kappa shape index (κ3) is 3.79. The Morgan fingerprint density at radius 3 is 2.62 bits per heavy atom. The van der Waals surface area contributed by atoms with Gasteiger partial charge in [-0.1, -0.05) is 6.07 Å². The number of benzene rings is 2. The van der Waals surface area contributed by atoms with Gasteiger partial charge in [0.2, 0.25) is 12.5 Å². The van der Waals surface area contributed by atoms with Crippen LogP contribution in [0.3, 0.4) is 0 Å². The first kappa shape index (κ1) is 21.4. The molecule has 2 aromatic rings. The largest absolute Gasteiger partial charge is 0.504 e. The minimum Gasteiger partial charge on any atom is -0.504 e. The maximum absolute atomic E-state index is 12.9. The average Bonchev–Trinajstić information content (AvgIpc) is 3.25. The summed E-state index contributed by atoms with van der Waals surface area (Å²) in [6.45, 7) is -0.147. The molecule has 1 saturated carbocycles. The Labute approximate surface area is 182 Å². The minimum absolute atomic E-state index is 0.00662. The van der Waals surface area contributed by atoms with Gasteiger partial charge >= 0.3 is 0 Å². The smallest absolute Gasteiger partial charge is 0.252 e. The standard InChI is InChI=1S/C22H21N3O7/c23-8-10-2-1-3-11(4-10)22(30)25-14-7-16(27)15(26)5-12(14)13-6-17-20(32-9-31-17)19(28)18(13)21(24)29/h1-4,6,12,14-16,26-28H,5,7,9H2,(H2,24,29)(H,25,30). The van der Waals surface area contributed by atoms with Crippen LogP contribution in [0.4, 0.5) is 0 Å². The van der Waals surface area contributed by atoms with Gasteiger partial charge < -0.3 is 35.8 Å². The average molecular weight is 439 g/mol. The summed E-state index contributed by atoms with van der Waals surface area (Å²) in [5.41, 5.74) is 6.14. The molecule has 1 aliphatic carbocycles. The number of nitriles is 1. The zero-order valence-electron chi connectivity index (χ0n) is 16.8. The van der Waals surface area contributed by atoms with E-state index in [4.69, 9.17) is 20.5 Å². The third-order valence-corrected chi connectivity index (χ3v) is 5.81. The second-order valence-electron chi connectivity index (χ2n) is 7.77. The number of primary amides is 1. The van der Waals surface area contributed by atoms with Crippen molar-refractivity contribution in [3.05, 3.63) is 52.6 Å². The minimum atomic E-state index is -1.12. The number of ether oxygens (including phenoxy) is 2. The lowest BCUT2D eigenvalue weighted by molar-refractivity contribution is -0.0248. The lowest BCUT2D eigenvalue weighted by atomic mass is 9.75. The first-order valence-electron chi connectivity index (χ1n) is 9.92. The SMILES string of the molecule is N#Cc1cccc(C(=O)NC2CC(O)C(O)CC2c2cc3c(c(O)c2C(N)=O)OCO3)c1. The molecule has 1 aliphatic heterocycles. The Hall–Kier alpha value is -3.81. The summed E-state index contributed by atoms with van der Waals surface area (Å²) in [7, 11) is 0. The molecule has 0 spiro atoms. The number of nitrogens with zero attached hydrogens (tertiary/aromatic N) is 1. The number of aromatic hydroxyl groups is 1. The van der Waals surface area contributed by atoms with E-state index in [-0.39, 0.29) is 47.8 Å². The number of hydrogen-bond donors (Lipinski definition) is 5. The van der Waals surface area contributed by atoms with Gasteiger partial charge in [-0.3, -0.25) is 9.59 Å². The number of rotatable bonds is 4. The van der Waals surface area contributed by atoms with E-state index in [9.17, 15) is 24.9 Å². The molecule has 4 unspecified atom stereocenters. The summed E-state index contributed by atoms with van der Waals surface area (Å²) in [5, 5.41) is 43.0. The van der Waals surface area contributed by atoms with E-state index in [2.05, 4.69) is 5.32 Å². The van der Waals surface area contributed by atoms with E-state index < -0.39 is 41.7 Å². The maximum atomic E-state index is 12.9. The Morgan fingerprint density at radius 1 is 1.16 bits per heavy atom. The van der Waals surface area contributed by atoms with Crippen LogP contribution in [0.1, 0.15) is 50.6 Å². The predicted molar refractivity (Wildman–Crippen MR) is 109 cm³/mol. The molecule has 1 fully saturated rings. The molecule has 32 heavy (non-hydrogen) atoms. The number of carbonyl (C=O) groups excluding carboxylic acids is 2. The van der Waals surface area contributed by atoms with Crippen molar-refractivity contribution in [3.63, 3.8) is 0 Å². The first-order valence-corrected chi connectivity index (χ1v) is 9.92. The number of carbonyl (C=O) groups is 2. The van der Waals surface area contributed by atoms with Crippen LogP contribution in [-0.2, 0) is 0 Å². The van der Waals surface area contributed by atoms with Crippen molar-refractivity contribution in [1.82, 2.24) is 5.32 Å². The molecule has 2 aliphatic rings. The number of nitrogens with one attached hydrogen (secondary N) is 1. The molecule has 0 bridgehead atoms. The van der Waals surface area contributed by atoms with Crippen molar-refractivity contribution < 1.29 is 34.4 Å². The van der Waals surface area contributed by atoms with Crippen molar-refractivity contribution in [3.8, 4) is 23.3 Å². The lowest BCUT2D eigenvalue weighted by Gasteiger charge is -2.38. The van der Waals surface area contributed by atoms with E-state index in [0.29, 0.717) is 5.56 Å². The topological polar surface area (TPSA) is 175 Å². The molecule has 1 heterocycles. The van der Waals surface area contributed by atoms with Gasteiger partial charge in [0, 0.05) is 17.5 Å². The second-order valence-corrected chi connectivity index (χ2v) is 7.77. The van der Waals surface area contributed by atoms with Crippen LogP contribution in [0, 0.1) is 11.3 Å². The predicted octanol–water partition coefficient (Wildman–Crippen LogP) is 0.489.